The SMILES string of the molecule is Cc1nc2ccc(-c3ccc(C(=O)O)cc3)cc2s1. The van der Waals surface area contributed by atoms with Crippen molar-refractivity contribution in [3.8, 4) is 11.1 Å². The van der Waals surface area contributed by atoms with Crippen molar-refractivity contribution < 1.29 is 9.90 Å². The molecular formula is C15H11NO2S. The molecule has 0 atom stereocenters. The normalized spacial score (nSPS) is 10.8. The van der Waals surface area contributed by atoms with Crippen LogP contribution in [0.3, 0.4) is 0 Å². The third-order valence-electron chi connectivity index (χ3n) is 2.96. The Morgan fingerprint density at radius 3 is 2.47 bits per heavy atom. The van der Waals surface area contributed by atoms with E-state index in [0.29, 0.717) is 5.56 Å². The van der Waals surface area contributed by atoms with E-state index < -0.39 is 5.97 Å². The first kappa shape index (κ1) is 11.9. The fourth-order valence-corrected chi connectivity index (χ4v) is 2.89. The minimum absolute atomic E-state index is 0.304. The Morgan fingerprint density at radius 2 is 1.79 bits per heavy atom. The average molecular weight is 269 g/mol. The third-order valence-corrected chi connectivity index (χ3v) is 3.89. The smallest absolute Gasteiger partial charge is 0.335 e. The molecule has 0 unspecified atom stereocenters. The average Bonchev–Trinajstić information content (AvgIpc) is 2.77. The molecule has 0 amide bonds. The lowest BCUT2D eigenvalue weighted by Gasteiger charge is -2.02. The molecule has 19 heavy (non-hydrogen) atoms. The summed E-state index contributed by atoms with van der Waals surface area (Å²) in [6.45, 7) is 1.99. The molecule has 3 nitrogen and oxygen atoms in total. The van der Waals surface area contributed by atoms with E-state index in [1.165, 1.54) is 0 Å². The van der Waals surface area contributed by atoms with Gasteiger partial charge in [0.15, 0.2) is 0 Å². The van der Waals surface area contributed by atoms with Crippen LogP contribution >= 0.6 is 11.3 Å². The molecule has 3 aromatic rings. The maximum absolute atomic E-state index is 10.8. The fraction of sp³-hybridized carbons (Fsp3) is 0.0667. The lowest BCUT2D eigenvalue weighted by Crippen LogP contribution is -1.94. The summed E-state index contributed by atoms with van der Waals surface area (Å²) in [7, 11) is 0. The topological polar surface area (TPSA) is 50.2 Å². The lowest BCUT2D eigenvalue weighted by molar-refractivity contribution is 0.0697. The van der Waals surface area contributed by atoms with Crippen LogP contribution < -0.4 is 0 Å². The first-order valence-corrected chi connectivity index (χ1v) is 6.66. The molecule has 2 aromatic carbocycles. The fourth-order valence-electron chi connectivity index (χ4n) is 2.02. The number of thiazole rings is 1. The number of nitrogens with zero attached hydrogens (tertiary/aromatic N) is 1. The van der Waals surface area contributed by atoms with Crippen molar-refractivity contribution in [2.45, 2.75) is 6.92 Å². The summed E-state index contributed by atoms with van der Waals surface area (Å²) in [4.78, 5) is 15.2. The zero-order valence-corrected chi connectivity index (χ0v) is 11.1. The monoisotopic (exact) mass is 269 g/mol. The first-order chi connectivity index (χ1) is 9.13. The number of carboxylic acids is 1. The van der Waals surface area contributed by atoms with Crippen LogP contribution in [-0.4, -0.2) is 16.1 Å². The number of carbonyl (C=O) groups is 1. The summed E-state index contributed by atoms with van der Waals surface area (Å²) in [5.74, 6) is -0.903. The molecule has 3 rings (SSSR count). The van der Waals surface area contributed by atoms with Crippen molar-refractivity contribution in [3.63, 3.8) is 0 Å². The highest BCUT2D eigenvalue weighted by Crippen LogP contribution is 2.28. The summed E-state index contributed by atoms with van der Waals surface area (Å²) in [5, 5.41) is 9.93. The minimum Gasteiger partial charge on any atom is -0.478 e. The van der Waals surface area contributed by atoms with Gasteiger partial charge in [-0.25, -0.2) is 9.78 Å². The van der Waals surface area contributed by atoms with E-state index in [4.69, 9.17) is 5.11 Å². The van der Waals surface area contributed by atoms with E-state index in [2.05, 4.69) is 11.1 Å². The highest BCUT2D eigenvalue weighted by Gasteiger charge is 2.05. The zero-order chi connectivity index (χ0) is 13.4. The summed E-state index contributed by atoms with van der Waals surface area (Å²) >= 11 is 1.66. The Hall–Kier alpha value is -2.20. The van der Waals surface area contributed by atoms with Gasteiger partial charge in [0.05, 0.1) is 20.8 Å². The molecule has 94 valence electrons. The molecule has 1 heterocycles. The van der Waals surface area contributed by atoms with Crippen molar-refractivity contribution in [2.75, 3.05) is 0 Å². The van der Waals surface area contributed by atoms with Gasteiger partial charge in [0.2, 0.25) is 0 Å². The van der Waals surface area contributed by atoms with Gasteiger partial charge >= 0.3 is 5.97 Å². The number of benzene rings is 2. The number of rotatable bonds is 2. The lowest BCUT2D eigenvalue weighted by atomic mass is 10.0. The van der Waals surface area contributed by atoms with Gasteiger partial charge in [-0.2, -0.15) is 0 Å². The van der Waals surface area contributed by atoms with Crippen molar-refractivity contribution in [2.24, 2.45) is 0 Å². The molecule has 1 aromatic heterocycles. The van der Waals surface area contributed by atoms with Crippen LogP contribution in [0.5, 0.6) is 0 Å². The van der Waals surface area contributed by atoms with Gasteiger partial charge in [-0.15, -0.1) is 11.3 Å². The molecule has 0 saturated carbocycles. The highest BCUT2D eigenvalue weighted by molar-refractivity contribution is 7.18. The Bertz CT molecular complexity index is 759. The Kier molecular flexibility index (Phi) is 2.80. The molecular weight excluding hydrogens is 258 g/mol. The standard InChI is InChI=1S/C15H11NO2S/c1-9-16-13-7-6-12(8-14(13)19-9)10-2-4-11(5-3-10)15(17)18/h2-8H,1H3,(H,17,18). The Balaban J connectivity index is 2.05. The summed E-state index contributed by atoms with van der Waals surface area (Å²) in [6, 6.07) is 13.0. The number of carboxylic acid groups (broad SMARTS) is 1. The van der Waals surface area contributed by atoms with E-state index >= 15 is 0 Å². The van der Waals surface area contributed by atoms with E-state index in [-0.39, 0.29) is 0 Å². The van der Waals surface area contributed by atoms with Crippen LogP contribution in [-0.2, 0) is 0 Å². The number of fused-ring (bicyclic) bond motifs is 1. The summed E-state index contributed by atoms with van der Waals surface area (Å²) < 4.78 is 1.15. The number of aromatic carboxylic acids is 1. The van der Waals surface area contributed by atoms with Gasteiger partial charge < -0.3 is 5.11 Å². The molecule has 0 fully saturated rings. The van der Waals surface area contributed by atoms with Crippen molar-refractivity contribution >= 4 is 27.5 Å². The Labute approximate surface area is 114 Å². The van der Waals surface area contributed by atoms with E-state index in [0.717, 1.165) is 26.4 Å². The van der Waals surface area contributed by atoms with Gasteiger partial charge in [-0.3, -0.25) is 0 Å². The zero-order valence-electron chi connectivity index (χ0n) is 10.3. The van der Waals surface area contributed by atoms with Crippen LogP contribution in [0.15, 0.2) is 42.5 Å². The second-order valence-electron chi connectivity index (χ2n) is 4.30. The molecule has 0 saturated heterocycles. The quantitative estimate of drug-likeness (QED) is 0.765. The number of aromatic nitrogens is 1. The Morgan fingerprint density at radius 1 is 1.11 bits per heavy atom. The maximum atomic E-state index is 10.8. The second kappa shape index (κ2) is 4.48. The number of hydrogen-bond donors (Lipinski definition) is 1. The highest BCUT2D eigenvalue weighted by atomic mass is 32.1. The van der Waals surface area contributed by atoms with Crippen LogP contribution in [0.2, 0.25) is 0 Å². The van der Waals surface area contributed by atoms with E-state index in [1.807, 2.05) is 31.2 Å². The number of hydrogen-bond acceptors (Lipinski definition) is 3. The maximum Gasteiger partial charge on any atom is 0.335 e. The summed E-state index contributed by atoms with van der Waals surface area (Å²) in [6.07, 6.45) is 0. The van der Waals surface area contributed by atoms with Crippen LogP contribution in [0, 0.1) is 6.92 Å². The minimum atomic E-state index is -0.903. The van der Waals surface area contributed by atoms with Crippen LogP contribution in [0.25, 0.3) is 21.3 Å². The van der Waals surface area contributed by atoms with Gasteiger partial charge in [-0.05, 0) is 42.3 Å². The number of aryl methyl sites for hydroxylation is 1. The molecule has 0 aliphatic heterocycles. The molecule has 0 radical (unpaired) electrons. The largest absolute Gasteiger partial charge is 0.478 e. The summed E-state index contributed by atoms with van der Waals surface area (Å²) in [5.41, 5.74) is 3.40. The van der Waals surface area contributed by atoms with Gasteiger partial charge in [0, 0.05) is 0 Å². The first-order valence-electron chi connectivity index (χ1n) is 5.84. The van der Waals surface area contributed by atoms with Crippen LogP contribution in [0.1, 0.15) is 15.4 Å². The van der Waals surface area contributed by atoms with E-state index in [1.54, 1.807) is 23.5 Å². The van der Waals surface area contributed by atoms with Crippen LogP contribution in [0.4, 0.5) is 0 Å². The predicted octanol–water partition coefficient (Wildman–Crippen LogP) is 3.97. The third kappa shape index (κ3) is 2.22. The van der Waals surface area contributed by atoms with Gasteiger partial charge in [-0.1, -0.05) is 18.2 Å². The predicted molar refractivity (Wildman–Crippen MR) is 76.8 cm³/mol. The van der Waals surface area contributed by atoms with Crippen molar-refractivity contribution in [1.29, 1.82) is 0 Å². The molecule has 0 aliphatic carbocycles. The molecule has 4 heteroatoms. The van der Waals surface area contributed by atoms with Crippen molar-refractivity contribution in [1.82, 2.24) is 4.98 Å². The molecule has 1 N–H and O–H groups in total. The van der Waals surface area contributed by atoms with Crippen molar-refractivity contribution in [3.05, 3.63) is 53.0 Å². The van der Waals surface area contributed by atoms with Gasteiger partial charge in [0.25, 0.3) is 0 Å². The van der Waals surface area contributed by atoms with Gasteiger partial charge in [0.1, 0.15) is 0 Å². The molecule has 0 aliphatic rings. The molecule has 0 spiro atoms. The molecule has 0 bridgehead atoms. The van der Waals surface area contributed by atoms with E-state index in [9.17, 15) is 4.79 Å². The second-order valence-corrected chi connectivity index (χ2v) is 5.53.